The van der Waals surface area contributed by atoms with Gasteiger partial charge in [0, 0.05) is 36.6 Å². The molecule has 21 heavy (non-hydrogen) atoms. The fourth-order valence-corrected chi connectivity index (χ4v) is 2.85. The zero-order valence-corrected chi connectivity index (χ0v) is 14.0. The molecule has 0 saturated heterocycles. The summed E-state index contributed by atoms with van der Waals surface area (Å²) in [5.41, 5.74) is 7.51. The Bertz CT molecular complexity index is 467. The van der Waals surface area contributed by atoms with Crippen LogP contribution >= 0.6 is 11.6 Å². The third-order valence-corrected chi connectivity index (χ3v) is 3.81. The van der Waals surface area contributed by atoms with Gasteiger partial charge < -0.3 is 5.73 Å². The quantitative estimate of drug-likeness (QED) is 0.790. The van der Waals surface area contributed by atoms with Crippen molar-refractivity contribution in [2.45, 2.75) is 45.7 Å². The Kier molecular flexibility index (Phi) is 7.74. The van der Waals surface area contributed by atoms with Crippen molar-refractivity contribution in [2.75, 3.05) is 13.1 Å². The van der Waals surface area contributed by atoms with Crippen molar-refractivity contribution in [3.05, 3.63) is 34.9 Å². The minimum absolute atomic E-state index is 0.0286. The Labute approximate surface area is 133 Å². The van der Waals surface area contributed by atoms with Gasteiger partial charge in [-0.1, -0.05) is 44.5 Å². The number of nitrogens with zero attached hydrogens (tertiary/aromatic N) is 2. The van der Waals surface area contributed by atoms with Gasteiger partial charge in [0.2, 0.25) is 0 Å². The van der Waals surface area contributed by atoms with Crippen molar-refractivity contribution in [1.82, 2.24) is 4.90 Å². The second-order valence-corrected chi connectivity index (χ2v) is 6.31. The minimum Gasteiger partial charge on any atom is -0.326 e. The van der Waals surface area contributed by atoms with E-state index in [0.29, 0.717) is 12.3 Å². The number of nitrogens with two attached hydrogens (primary N) is 1. The molecular weight excluding hydrogens is 282 g/mol. The molecule has 1 aromatic carbocycles. The monoisotopic (exact) mass is 307 g/mol. The molecule has 2 unspecified atom stereocenters. The standard InChI is InChI=1S/C17H26ClN3/c1-4-16(20)17(14-7-5-8-15(18)11-14)21(10-6-9-19)12-13(2)3/h5,7-8,11,13,16-17H,4,6,10,12,20H2,1-3H3. The maximum atomic E-state index is 8.91. The molecule has 0 aliphatic heterocycles. The molecule has 0 amide bonds. The van der Waals surface area contributed by atoms with Gasteiger partial charge in [-0.05, 0) is 30.0 Å². The van der Waals surface area contributed by atoms with Crippen LogP contribution in [0.4, 0.5) is 0 Å². The van der Waals surface area contributed by atoms with Crippen molar-refractivity contribution < 1.29 is 0 Å². The number of halogens is 1. The Hall–Kier alpha value is -1.08. The molecule has 3 nitrogen and oxygen atoms in total. The van der Waals surface area contributed by atoms with Gasteiger partial charge in [-0.25, -0.2) is 0 Å². The van der Waals surface area contributed by atoms with Crippen LogP contribution < -0.4 is 5.73 Å². The first-order valence-electron chi connectivity index (χ1n) is 7.61. The van der Waals surface area contributed by atoms with E-state index in [0.717, 1.165) is 30.1 Å². The lowest BCUT2D eigenvalue weighted by Gasteiger charge is -2.36. The molecule has 2 N–H and O–H groups in total. The van der Waals surface area contributed by atoms with E-state index in [1.165, 1.54) is 0 Å². The van der Waals surface area contributed by atoms with E-state index in [1.54, 1.807) is 0 Å². The Morgan fingerprint density at radius 3 is 2.62 bits per heavy atom. The summed E-state index contributed by atoms with van der Waals surface area (Å²) in [6, 6.07) is 10.3. The third kappa shape index (κ3) is 5.67. The van der Waals surface area contributed by atoms with Crippen LogP contribution in [0.5, 0.6) is 0 Å². The van der Waals surface area contributed by atoms with E-state index >= 15 is 0 Å². The van der Waals surface area contributed by atoms with Crippen molar-refractivity contribution >= 4 is 11.6 Å². The molecule has 0 radical (unpaired) electrons. The molecule has 0 spiro atoms. The smallest absolute Gasteiger partial charge is 0.0635 e. The lowest BCUT2D eigenvalue weighted by atomic mass is 9.95. The Morgan fingerprint density at radius 1 is 1.38 bits per heavy atom. The van der Waals surface area contributed by atoms with Gasteiger partial charge in [0.05, 0.1) is 6.07 Å². The summed E-state index contributed by atoms with van der Waals surface area (Å²) in [5.74, 6) is 0.523. The summed E-state index contributed by atoms with van der Waals surface area (Å²) >= 11 is 6.14. The average Bonchev–Trinajstić information content (AvgIpc) is 2.44. The fraction of sp³-hybridized carbons (Fsp3) is 0.588. The molecule has 2 atom stereocenters. The van der Waals surface area contributed by atoms with Crippen LogP contribution in [0.15, 0.2) is 24.3 Å². The topological polar surface area (TPSA) is 53.0 Å². The van der Waals surface area contributed by atoms with Crippen molar-refractivity contribution in [3.63, 3.8) is 0 Å². The molecule has 0 heterocycles. The Balaban J connectivity index is 3.10. The summed E-state index contributed by atoms with van der Waals surface area (Å²) in [4.78, 5) is 2.33. The molecule has 116 valence electrons. The molecule has 0 saturated carbocycles. The molecule has 0 bridgehead atoms. The van der Waals surface area contributed by atoms with E-state index in [2.05, 4.69) is 37.8 Å². The van der Waals surface area contributed by atoms with Gasteiger partial charge in [-0.3, -0.25) is 4.90 Å². The minimum atomic E-state index is 0.0286. The normalized spacial score (nSPS) is 14.2. The highest BCUT2D eigenvalue weighted by molar-refractivity contribution is 6.30. The largest absolute Gasteiger partial charge is 0.326 e. The number of nitriles is 1. The molecule has 4 heteroatoms. The van der Waals surface area contributed by atoms with Crippen LogP contribution in [0.25, 0.3) is 0 Å². The Morgan fingerprint density at radius 2 is 2.10 bits per heavy atom. The second-order valence-electron chi connectivity index (χ2n) is 5.87. The highest BCUT2D eigenvalue weighted by Gasteiger charge is 2.26. The number of hydrogen-bond donors (Lipinski definition) is 1. The second kappa shape index (κ2) is 9.04. The molecule has 0 fully saturated rings. The summed E-state index contributed by atoms with van der Waals surface area (Å²) in [7, 11) is 0. The van der Waals surface area contributed by atoms with Crippen molar-refractivity contribution in [3.8, 4) is 6.07 Å². The zero-order chi connectivity index (χ0) is 15.8. The number of rotatable bonds is 8. The lowest BCUT2D eigenvalue weighted by Crippen LogP contribution is -2.43. The van der Waals surface area contributed by atoms with Crippen molar-refractivity contribution in [2.24, 2.45) is 11.7 Å². The maximum absolute atomic E-state index is 8.91. The van der Waals surface area contributed by atoms with Crippen LogP contribution in [0.2, 0.25) is 5.02 Å². The predicted octanol–water partition coefficient (Wildman–Crippen LogP) is 3.99. The van der Waals surface area contributed by atoms with Crippen LogP contribution in [-0.2, 0) is 0 Å². The van der Waals surface area contributed by atoms with E-state index in [4.69, 9.17) is 22.6 Å². The van der Waals surface area contributed by atoms with Gasteiger partial charge in [0.1, 0.15) is 0 Å². The maximum Gasteiger partial charge on any atom is 0.0635 e. The van der Waals surface area contributed by atoms with Gasteiger partial charge in [-0.2, -0.15) is 5.26 Å². The predicted molar refractivity (Wildman–Crippen MR) is 89.1 cm³/mol. The van der Waals surface area contributed by atoms with Crippen LogP contribution in [0.3, 0.4) is 0 Å². The summed E-state index contributed by atoms with van der Waals surface area (Å²) in [6.07, 6.45) is 1.40. The first kappa shape index (κ1) is 18.0. The van der Waals surface area contributed by atoms with Gasteiger partial charge >= 0.3 is 0 Å². The van der Waals surface area contributed by atoms with E-state index in [1.807, 2.05) is 18.2 Å². The first-order chi connectivity index (χ1) is 9.99. The lowest BCUT2D eigenvalue weighted by molar-refractivity contribution is 0.154. The van der Waals surface area contributed by atoms with Gasteiger partial charge in [0.25, 0.3) is 0 Å². The van der Waals surface area contributed by atoms with Crippen LogP contribution in [-0.4, -0.2) is 24.0 Å². The number of hydrogen-bond acceptors (Lipinski definition) is 3. The molecule has 0 aliphatic carbocycles. The highest BCUT2D eigenvalue weighted by atomic mass is 35.5. The third-order valence-electron chi connectivity index (χ3n) is 3.57. The van der Waals surface area contributed by atoms with E-state index in [9.17, 15) is 0 Å². The van der Waals surface area contributed by atoms with Crippen LogP contribution in [0, 0.1) is 17.2 Å². The first-order valence-corrected chi connectivity index (χ1v) is 7.99. The number of benzene rings is 1. The summed E-state index contributed by atoms with van der Waals surface area (Å²) < 4.78 is 0. The van der Waals surface area contributed by atoms with Crippen LogP contribution in [0.1, 0.15) is 45.2 Å². The fourth-order valence-electron chi connectivity index (χ4n) is 2.65. The molecule has 0 aliphatic rings. The molecule has 0 aromatic heterocycles. The molecule has 1 rings (SSSR count). The van der Waals surface area contributed by atoms with E-state index in [-0.39, 0.29) is 12.1 Å². The summed E-state index contributed by atoms with van der Waals surface area (Å²) in [5, 5.41) is 9.64. The highest BCUT2D eigenvalue weighted by Crippen LogP contribution is 2.28. The average molecular weight is 308 g/mol. The molecule has 1 aromatic rings. The van der Waals surface area contributed by atoms with E-state index < -0.39 is 0 Å². The molecular formula is C17H26ClN3. The zero-order valence-electron chi connectivity index (χ0n) is 13.2. The summed E-state index contributed by atoms with van der Waals surface area (Å²) in [6.45, 7) is 8.13. The van der Waals surface area contributed by atoms with Gasteiger partial charge in [-0.15, -0.1) is 0 Å². The SMILES string of the molecule is CCC(N)C(c1cccc(Cl)c1)N(CCC#N)CC(C)C. The van der Waals surface area contributed by atoms with Gasteiger partial charge in [0.15, 0.2) is 0 Å². The van der Waals surface area contributed by atoms with Crippen molar-refractivity contribution in [1.29, 1.82) is 5.26 Å².